The molecule has 1 aromatic carbocycles. The molecule has 3 aliphatic rings. The fourth-order valence-corrected chi connectivity index (χ4v) is 6.33. The number of urea groups is 1. The second-order valence-electron chi connectivity index (χ2n) is 10.9. The van der Waals surface area contributed by atoms with Crippen molar-refractivity contribution < 1.29 is 22.7 Å². The van der Waals surface area contributed by atoms with Crippen molar-refractivity contribution in [3.63, 3.8) is 0 Å². The van der Waals surface area contributed by atoms with E-state index in [0.29, 0.717) is 30.3 Å². The monoisotopic (exact) mass is 527 g/mol. The summed E-state index contributed by atoms with van der Waals surface area (Å²) >= 11 is 0. The van der Waals surface area contributed by atoms with E-state index in [1.54, 1.807) is 39.3 Å². The fourth-order valence-electron chi connectivity index (χ4n) is 5.34. The lowest BCUT2D eigenvalue weighted by atomic mass is 9.98. The summed E-state index contributed by atoms with van der Waals surface area (Å²) in [5.41, 5.74) is 1.49. The van der Waals surface area contributed by atoms with Crippen molar-refractivity contribution in [1.82, 2.24) is 9.88 Å². The SMILES string of the molecule is COC[C@@H](C)Nc1cc(CN2C(=O)N(c3ccc4c(c3)N(S(C)(=O)=O)CC43CC3)C(=O)C2(C)C)ccn1. The van der Waals surface area contributed by atoms with E-state index in [9.17, 15) is 18.0 Å². The number of pyridine rings is 1. The van der Waals surface area contributed by atoms with Gasteiger partial charge in [-0.1, -0.05) is 6.07 Å². The summed E-state index contributed by atoms with van der Waals surface area (Å²) in [5, 5.41) is 3.26. The van der Waals surface area contributed by atoms with E-state index in [4.69, 9.17) is 4.74 Å². The first-order valence-corrected chi connectivity index (χ1v) is 14.2. The Balaban J connectivity index is 1.43. The summed E-state index contributed by atoms with van der Waals surface area (Å²) in [6, 6.07) is 8.58. The van der Waals surface area contributed by atoms with Gasteiger partial charge in [-0.25, -0.2) is 23.1 Å². The molecule has 37 heavy (non-hydrogen) atoms. The van der Waals surface area contributed by atoms with Gasteiger partial charge in [0, 0.05) is 37.9 Å². The molecule has 0 unspecified atom stereocenters. The highest BCUT2D eigenvalue weighted by Crippen LogP contribution is 2.57. The van der Waals surface area contributed by atoms with Crippen molar-refractivity contribution in [2.45, 2.75) is 57.2 Å². The predicted molar refractivity (Wildman–Crippen MR) is 141 cm³/mol. The molecule has 1 atom stereocenters. The van der Waals surface area contributed by atoms with Gasteiger partial charge >= 0.3 is 6.03 Å². The second kappa shape index (κ2) is 8.70. The first-order chi connectivity index (χ1) is 17.4. The summed E-state index contributed by atoms with van der Waals surface area (Å²) < 4.78 is 31.6. The van der Waals surface area contributed by atoms with Crippen LogP contribution in [0.2, 0.25) is 0 Å². The number of nitrogens with one attached hydrogen (secondary N) is 1. The first-order valence-electron chi connectivity index (χ1n) is 12.4. The number of sulfonamides is 1. The van der Waals surface area contributed by atoms with Crippen molar-refractivity contribution >= 4 is 39.2 Å². The molecular formula is C26H33N5O5S. The maximum absolute atomic E-state index is 13.7. The van der Waals surface area contributed by atoms with Crippen molar-refractivity contribution in [2.24, 2.45) is 0 Å². The van der Waals surface area contributed by atoms with Crippen LogP contribution in [-0.2, 0) is 31.5 Å². The number of fused-ring (bicyclic) bond motifs is 2. The van der Waals surface area contributed by atoms with Crippen LogP contribution in [0.4, 0.5) is 22.0 Å². The lowest BCUT2D eigenvalue weighted by Gasteiger charge is -2.28. The second-order valence-corrected chi connectivity index (χ2v) is 12.8. The molecule has 2 aromatic rings. The number of aromatic nitrogens is 1. The van der Waals surface area contributed by atoms with Crippen LogP contribution in [-0.4, -0.2) is 68.3 Å². The van der Waals surface area contributed by atoms with Gasteiger partial charge in [0.05, 0.1) is 24.2 Å². The topological polar surface area (TPSA) is 112 Å². The number of anilines is 3. The van der Waals surface area contributed by atoms with Crippen LogP contribution in [0.15, 0.2) is 36.5 Å². The van der Waals surface area contributed by atoms with Crippen LogP contribution >= 0.6 is 0 Å². The molecule has 0 radical (unpaired) electrons. The molecule has 198 valence electrons. The Bertz CT molecular complexity index is 1370. The molecule has 1 saturated heterocycles. The van der Waals surface area contributed by atoms with Crippen LogP contribution in [0.5, 0.6) is 0 Å². The third-order valence-corrected chi connectivity index (χ3v) is 8.71. The zero-order valence-corrected chi connectivity index (χ0v) is 22.6. The lowest BCUT2D eigenvalue weighted by molar-refractivity contribution is -0.123. The summed E-state index contributed by atoms with van der Waals surface area (Å²) in [6.07, 6.45) is 4.72. The molecule has 1 saturated carbocycles. The number of imide groups is 1. The van der Waals surface area contributed by atoms with Gasteiger partial charge in [0.1, 0.15) is 11.4 Å². The number of carbonyl (C=O) groups excluding carboxylic acids is 2. The van der Waals surface area contributed by atoms with Crippen LogP contribution in [0, 0.1) is 0 Å². The van der Waals surface area contributed by atoms with E-state index in [-0.39, 0.29) is 23.9 Å². The average Bonchev–Trinajstić information content (AvgIpc) is 3.49. The van der Waals surface area contributed by atoms with Crippen LogP contribution < -0.4 is 14.5 Å². The number of benzene rings is 1. The minimum Gasteiger partial charge on any atom is -0.383 e. The molecule has 0 bridgehead atoms. The van der Waals surface area contributed by atoms with Crippen molar-refractivity contribution in [2.75, 3.05) is 41.0 Å². The van der Waals surface area contributed by atoms with Crippen molar-refractivity contribution in [3.05, 3.63) is 47.7 Å². The Morgan fingerprint density at radius 1 is 1.16 bits per heavy atom. The molecule has 3 amide bonds. The molecule has 1 spiro atoms. The smallest absolute Gasteiger partial charge is 0.332 e. The molecular weight excluding hydrogens is 494 g/mol. The predicted octanol–water partition coefficient (Wildman–Crippen LogP) is 3.09. The highest BCUT2D eigenvalue weighted by molar-refractivity contribution is 7.92. The number of rotatable bonds is 8. The van der Waals surface area contributed by atoms with Gasteiger partial charge < -0.3 is 15.0 Å². The van der Waals surface area contributed by atoms with Gasteiger partial charge in [0.25, 0.3) is 5.91 Å². The quantitative estimate of drug-likeness (QED) is 0.525. The Kier molecular flexibility index (Phi) is 5.99. The molecule has 10 nitrogen and oxygen atoms in total. The van der Waals surface area contributed by atoms with Crippen LogP contribution in [0.3, 0.4) is 0 Å². The van der Waals surface area contributed by atoms with Gasteiger partial charge in [-0.2, -0.15) is 0 Å². The van der Waals surface area contributed by atoms with Gasteiger partial charge in [-0.15, -0.1) is 0 Å². The number of carbonyl (C=O) groups is 2. The molecule has 1 N–H and O–H groups in total. The van der Waals surface area contributed by atoms with Crippen LogP contribution in [0.1, 0.15) is 44.7 Å². The largest absolute Gasteiger partial charge is 0.383 e. The van der Waals surface area contributed by atoms with E-state index in [0.717, 1.165) is 24.0 Å². The Morgan fingerprint density at radius 2 is 1.89 bits per heavy atom. The molecule has 1 aliphatic carbocycles. The number of methoxy groups -OCH3 is 1. The van der Waals surface area contributed by atoms with E-state index >= 15 is 0 Å². The van der Waals surface area contributed by atoms with Crippen LogP contribution in [0.25, 0.3) is 0 Å². The third-order valence-electron chi connectivity index (χ3n) is 7.58. The van der Waals surface area contributed by atoms with E-state index in [2.05, 4.69) is 10.3 Å². The normalized spacial score (nSPS) is 20.5. The van der Waals surface area contributed by atoms with Gasteiger partial charge in [-0.3, -0.25) is 9.10 Å². The minimum absolute atomic E-state index is 0.0516. The van der Waals surface area contributed by atoms with Crippen molar-refractivity contribution in [3.8, 4) is 0 Å². The highest BCUT2D eigenvalue weighted by atomic mass is 32.2. The summed E-state index contributed by atoms with van der Waals surface area (Å²) in [7, 11) is -1.86. The Morgan fingerprint density at radius 3 is 2.54 bits per heavy atom. The molecule has 5 rings (SSSR count). The summed E-state index contributed by atoms with van der Waals surface area (Å²) in [5.74, 6) is 0.298. The van der Waals surface area contributed by atoms with Gasteiger partial charge in [0.2, 0.25) is 10.0 Å². The Hall–Kier alpha value is -3.18. The minimum atomic E-state index is -3.49. The summed E-state index contributed by atoms with van der Waals surface area (Å²) in [6.45, 7) is 6.58. The molecule has 1 aromatic heterocycles. The standard InChI is InChI=1S/C26H33N5O5S/c1-17(15-36-4)28-22-12-18(8-11-27-22)14-29-24(33)31(23(32)25(29,2)3)19-6-7-20-21(13-19)30(37(5,34)35)16-26(20)9-10-26/h6-8,11-13,17H,9-10,14-16H2,1-5H3,(H,27,28)/t17-/m1/s1. The van der Waals surface area contributed by atoms with Gasteiger partial charge in [0.15, 0.2) is 0 Å². The third kappa shape index (κ3) is 4.33. The zero-order valence-electron chi connectivity index (χ0n) is 21.8. The summed E-state index contributed by atoms with van der Waals surface area (Å²) in [4.78, 5) is 34.2. The molecule has 2 aliphatic heterocycles. The number of hydrogen-bond acceptors (Lipinski definition) is 7. The first kappa shape index (κ1) is 25.5. The fraction of sp³-hybridized carbons (Fsp3) is 0.500. The average molecular weight is 528 g/mol. The van der Waals surface area contributed by atoms with E-state index in [1.165, 1.54) is 20.4 Å². The zero-order chi connectivity index (χ0) is 26.8. The van der Waals surface area contributed by atoms with E-state index in [1.807, 2.05) is 25.1 Å². The number of ether oxygens (including phenoxy) is 1. The molecule has 11 heteroatoms. The molecule has 3 heterocycles. The Labute approximate surface area is 217 Å². The molecule has 2 fully saturated rings. The van der Waals surface area contributed by atoms with E-state index < -0.39 is 21.6 Å². The maximum atomic E-state index is 13.7. The van der Waals surface area contributed by atoms with Crippen molar-refractivity contribution in [1.29, 1.82) is 0 Å². The van der Waals surface area contributed by atoms with Gasteiger partial charge in [-0.05, 0) is 69.0 Å². The highest BCUT2D eigenvalue weighted by Gasteiger charge is 2.55. The number of nitrogens with zero attached hydrogens (tertiary/aromatic N) is 4. The number of amides is 3. The lowest BCUT2D eigenvalue weighted by Crippen LogP contribution is -2.43. The number of hydrogen-bond donors (Lipinski definition) is 1. The maximum Gasteiger partial charge on any atom is 0.332 e.